The Bertz CT molecular complexity index is 1060. The molecule has 1 fully saturated rings. The van der Waals surface area contributed by atoms with Crippen LogP contribution in [0.3, 0.4) is 0 Å². The van der Waals surface area contributed by atoms with Gasteiger partial charge in [-0.3, -0.25) is 19.3 Å². The van der Waals surface area contributed by atoms with Crippen LogP contribution in [0.25, 0.3) is 10.7 Å². The van der Waals surface area contributed by atoms with E-state index in [1.165, 1.54) is 0 Å². The summed E-state index contributed by atoms with van der Waals surface area (Å²) in [6.07, 6.45) is 0.233. The number of amides is 2. The minimum Gasteiger partial charge on any atom is -0.354 e. The number of nitrogens with one attached hydrogen (secondary N) is 2. The van der Waals surface area contributed by atoms with Crippen LogP contribution in [0, 0.1) is 4.77 Å². The first-order valence-corrected chi connectivity index (χ1v) is 10.7. The molecule has 2 amide bonds. The smallest absolute Gasteiger partial charge is 0.246 e. The van der Waals surface area contributed by atoms with Crippen molar-refractivity contribution in [1.82, 2.24) is 25.0 Å². The van der Waals surface area contributed by atoms with Crippen LogP contribution in [0.2, 0.25) is 0 Å². The molecule has 150 valence electrons. The third-order valence-electron chi connectivity index (χ3n) is 5.09. The molecule has 1 aliphatic heterocycles. The molecule has 4 rings (SSSR count). The maximum absolute atomic E-state index is 13.6. The second-order valence-corrected chi connectivity index (χ2v) is 8.22. The number of carbonyl (C=O) groups is 2. The van der Waals surface area contributed by atoms with E-state index in [1.54, 1.807) is 20.8 Å². The normalized spacial score (nSPS) is 18.2. The molecule has 0 bridgehead atoms. The summed E-state index contributed by atoms with van der Waals surface area (Å²) in [7, 11) is 0. The molecule has 3 aromatic rings. The van der Waals surface area contributed by atoms with Gasteiger partial charge in [-0.1, -0.05) is 36.4 Å². The number of nitrogens with zero attached hydrogens (tertiary/aromatic N) is 3. The second-order valence-electron chi connectivity index (χ2n) is 6.89. The second kappa shape index (κ2) is 8.30. The number of thiophene rings is 1. The van der Waals surface area contributed by atoms with Gasteiger partial charge in [-0.05, 0) is 36.2 Å². The Balaban J connectivity index is 1.70. The average Bonchev–Trinajstić information content (AvgIpc) is 3.34. The molecule has 2 unspecified atom stereocenters. The number of carbonyl (C=O) groups excluding carboxylic acids is 2. The van der Waals surface area contributed by atoms with Crippen molar-refractivity contribution in [3.05, 3.63) is 58.2 Å². The topological polar surface area (TPSA) is 83.0 Å². The summed E-state index contributed by atoms with van der Waals surface area (Å²) < 4.78 is 2.15. The van der Waals surface area contributed by atoms with Crippen LogP contribution < -0.4 is 5.32 Å². The highest BCUT2D eigenvalue weighted by Crippen LogP contribution is 2.30. The number of aromatic amines is 1. The number of aromatic nitrogens is 3. The molecule has 2 N–H and O–H groups in total. The molecule has 3 heterocycles. The Hall–Kier alpha value is -2.78. The standard InChI is InChI=1S/C20H21N5O2S2/c1-13(25-18(22-23-20(25)28)16-8-5-11-29-16)19(27)24-10-9-21-17(26)12-15(24)14-6-3-2-4-7-14/h2-8,11,13,15H,9-10,12H2,1H3,(H,21,26)(H,23,28). The summed E-state index contributed by atoms with van der Waals surface area (Å²) in [6.45, 7) is 2.69. The average molecular weight is 428 g/mol. The lowest BCUT2D eigenvalue weighted by molar-refractivity contribution is -0.136. The van der Waals surface area contributed by atoms with Crippen molar-refractivity contribution in [2.75, 3.05) is 13.1 Å². The van der Waals surface area contributed by atoms with Crippen LogP contribution in [0.1, 0.15) is 31.0 Å². The number of H-pyrrole nitrogens is 1. The van der Waals surface area contributed by atoms with Crippen LogP contribution >= 0.6 is 23.6 Å². The largest absolute Gasteiger partial charge is 0.354 e. The van der Waals surface area contributed by atoms with E-state index in [4.69, 9.17) is 12.2 Å². The van der Waals surface area contributed by atoms with Crippen molar-refractivity contribution in [2.24, 2.45) is 0 Å². The molecule has 9 heteroatoms. The lowest BCUT2D eigenvalue weighted by Crippen LogP contribution is -2.40. The molecule has 0 spiro atoms. The van der Waals surface area contributed by atoms with E-state index in [1.807, 2.05) is 54.8 Å². The van der Waals surface area contributed by atoms with Gasteiger partial charge in [0.1, 0.15) is 6.04 Å². The van der Waals surface area contributed by atoms with Crippen LogP contribution in [-0.2, 0) is 9.59 Å². The Morgan fingerprint density at radius 1 is 1.28 bits per heavy atom. The Kier molecular flexibility index (Phi) is 5.59. The summed E-state index contributed by atoms with van der Waals surface area (Å²) in [5.41, 5.74) is 0.944. The third kappa shape index (κ3) is 3.88. The summed E-state index contributed by atoms with van der Waals surface area (Å²) in [6, 6.07) is 12.7. The predicted octanol–water partition coefficient (Wildman–Crippen LogP) is 3.32. The van der Waals surface area contributed by atoms with Crippen molar-refractivity contribution < 1.29 is 9.59 Å². The quantitative estimate of drug-likeness (QED) is 0.626. The summed E-state index contributed by atoms with van der Waals surface area (Å²) >= 11 is 6.96. The third-order valence-corrected chi connectivity index (χ3v) is 6.24. The molecule has 2 aromatic heterocycles. The van der Waals surface area contributed by atoms with E-state index in [9.17, 15) is 9.59 Å². The molecule has 1 aromatic carbocycles. The summed E-state index contributed by atoms with van der Waals surface area (Å²) in [5.74, 6) is 0.498. The van der Waals surface area contributed by atoms with E-state index in [0.717, 1.165) is 10.4 Å². The van der Waals surface area contributed by atoms with Crippen LogP contribution in [-0.4, -0.2) is 44.6 Å². The van der Waals surface area contributed by atoms with Crippen molar-refractivity contribution >= 4 is 35.4 Å². The van der Waals surface area contributed by atoms with Crippen LogP contribution in [0.15, 0.2) is 47.8 Å². The fourth-order valence-electron chi connectivity index (χ4n) is 3.66. The molecule has 7 nitrogen and oxygen atoms in total. The first kappa shape index (κ1) is 19.5. The van der Waals surface area contributed by atoms with Crippen LogP contribution in [0.5, 0.6) is 0 Å². The fraction of sp³-hybridized carbons (Fsp3) is 0.300. The van der Waals surface area contributed by atoms with Gasteiger partial charge >= 0.3 is 0 Å². The van der Waals surface area contributed by atoms with Gasteiger partial charge < -0.3 is 10.2 Å². The van der Waals surface area contributed by atoms with E-state index >= 15 is 0 Å². The van der Waals surface area contributed by atoms with E-state index in [-0.39, 0.29) is 24.3 Å². The van der Waals surface area contributed by atoms with Gasteiger partial charge in [0.2, 0.25) is 11.8 Å². The number of benzene rings is 1. The van der Waals surface area contributed by atoms with Crippen molar-refractivity contribution in [1.29, 1.82) is 0 Å². The van der Waals surface area contributed by atoms with Gasteiger partial charge in [-0.2, -0.15) is 5.10 Å². The van der Waals surface area contributed by atoms with E-state index < -0.39 is 6.04 Å². The molecule has 0 saturated carbocycles. The molecule has 1 aliphatic rings. The zero-order chi connectivity index (χ0) is 20.4. The summed E-state index contributed by atoms with van der Waals surface area (Å²) in [4.78, 5) is 28.5. The minimum absolute atomic E-state index is 0.0546. The fourth-order valence-corrected chi connectivity index (χ4v) is 4.66. The SMILES string of the molecule is CC(C(=O)N1CCNC(=O)CC1c1ccccc1)n1c(-c2cccs2)n[nH]c1=S. The van der Waals surface area contributed by atoms with Crippen LogP contribution in [0.4, 0.5) is 0 Å². The Morgan fingerprint density at radius 2 is 2.07 bits per heavy atom. The number of rotatable bonds is 4. The maximum Gasteiger partial charge on any atom is 0.246 e. The highest BCUT2D eigenvalue weighted by atomic mass is 32.1. The molecule has 2 atom stereocenters. The molecular formula is C20H21N5O2S2. The van der Waals surface area contributed by atoms with E-state index in [0.29, 0.717) is 23.7 Å². The number of hydrogen-bond donors (Lipinski definition) is 2. The van der Waals surface area contributed by atoms with Crippen molar-refractivity contribution in [3.8, 4) is 10.7 Å². The van der Waals surface area contributed by atoms with Crippen molar-refractivity contribution in [3.63, 3.8) is 0 Å². The molecule has 0 aliphatic carbocycles. The van der Waals surface area contributed by atoms with E-state index in [2.05, 4.69) is 15.5 Å². The lowest BCUT2D eigenvalue weighted by atomic mass is 10.0. The molecule has 1 saturated heterocycles. The Morgan fingerprint density at radius 3 is 2.79 bits per heavy atom. The lowest BCUT2D eigenvalue weighted by Gasteiger charge is -2.32. The zero-order valence-electron chi connectivity index (χ0n) is 15.9. The van der Waals surface area contributed by atoms with Gasteiger partial charge in [-0.15, -0.1) is 11.3 Å². The maximum atomic E-state index is 13.6. The number of hydrogen-bond acceptors (Lipinski definition) is 5. The van der Waals surface area contributed by atoms with Gasteiger partial charge in [-0.25, -0.2) is 0 Å². The van der Waals surface area contributed by atoms with Gasteiger partial charge in [0.25, 0.3) is 0 Å². The van der Waals surface area contributed by atoms with Gasteiger partial charge in [0, 0.05) is 13.1 Å². The zero-order valence-corrected chi connectivity index (χ0v) is 17.5. The molecular weight excluding hydrogens is 406 g/mol. The van der Waals surface area contributed by atoms with Crippen molar-refractivity contribution in [2.45, 2.75) is 25.4 Å². The predicted molar refractivity (Wildman–Crippen MR) is 114 cm³/mol. The minimum atomic E-state index is -0.558. The highest BCUT2D eigenvalue weighted by Gasteiger charge is 2.33. The Labute approximate surface area is 177 Å². The van der Waals surface area contributed by atoms with Gasteiger partial charge in [0.15, 0.2) is 10.6 Å². The summed E-state index contributed by atoms with van der Waals surface area (Å²) in [5, 5.41) is 12.0. The first-order valence-electron chi connectivity index (χ1n) is 9.39. The van der Waals surface area contributed by atoms with Gasteiger partial charge in [0.05, 0.1) is 17.3 Å². The highest BCUT2D eigenvalue weighted by molar-refractivity contribution is 7.71. The monoisotopic (exact) mass is 427 g/mol. The molecule has 29 heavy (non-hydrogen) atoms. The first-order chi connectivity index (χ1) is 14.1. The molecule has 0 radical (unpaired) electrons.